The Morgan fingerprint density at radius 3 is 2.60 bits per heavy atom. The highest BCUT2D eigenvalue weighted by Gasteiger charge is 2.35. The maximum atomic E-state index is 12.2. The second kappa shape index (κ2) is 6.57. The van der Waals surface area contributed by atoms with E-state index >= 15 is 0 Å². The van der Waals surface area contributed by atoms with E-state index in [4.69, 9.17) is 11.6 Å². The van der Waals surface area contributed by atoms with Gasteiger partial charge in [-0.05, 0) is 18.4 Å². The Bertz CT molecular complexity index is 527. The van der Waals surface area contributed by atoms with Crippen LogP contribution in [0.25, 0.3) is 0 Å². The Balaban J connectivity index is 2.00. The number of carbonyl (C=O) groups is 2. The number of carbonyl (C=O) groups excluding carboxylic acids is 1. The summed E-state index contributed by atoms with van der Waals surface area (Å²) in [6.45, 7) is 0.393. The summed E-state index contributed by atoms with van der Waals surface area (Å²) in [7, 11) is 0. The number of allylic oxidation sites excluding steroid dienone is 2. The fourth-order valence-electron chi connectivity index (χ4n) is 2.32. The third kappa shape index (κ3) is 3.61. The fraction of sp³-hybridized carbons (Fsp3) is 0.333. The van der Waals surface area contributed by atoms with E-state index in [2.05, 4.69) is 5.32 Å². The molecule has 106 valence electrons. The zero-order valence-corrected chi connectivity index (χ0v) is 11.6. The summed E-state index contributed by atoms with van der Waals surface area (Å²) in [5.41, 5.74) is 0.977. The maximum Gasteiger partial charge on any atom is 0.307 e. The van der Waals surface area contributed by atoms with E-state index in [-0.39, 0.29) is 5.91 Å². The van der Waals surface area contributed by atoms with Gasteiger partial charge in [0.25, 0.3) is 0 Å². The van der Waals surface area contributed by atoms with Crippen LogP contribution in [0.5, 0.6) is 0 Å². The summed E-state index contributed by atoms with van der Waals surface area (Å²) in [6.07, 6.45) is 2.28. The van der Waals surface area contributed by atoms with Gasteiger partial charge >= 0.3 is 5.97 Å². The van der Waals surface area contributed by atoms with Crippen molar-refractivity contribution in [3.63, 3.8) is 0 Å². The second-order valence-electron chi connectivity index (χ2n) is 4.85. The van der Waals surface area contributed by atoms with E-state index in [0.717, 1.165) is 5.56 Å². The van der Waals surface area contributed by atoms with Crippen molar-refractivity contribution in [1.29, 1.82) is 0 Å². The second-order valence-corrected chi connectivity index (χ2v) is 5.33. The first-order valence-electron chi connectivity index (χ1n) is 6.47. The van der Waals surface area contributed by atoms with Crippen molar-refractivity contribution in [3.8, 4) is 0 Å². The molecule has 2 rings (SSSR count). The van der Waals surface area contributed by atoms with E-state index in [1.807, 2.05) is 30.3 Å². The minimum absolute atomic E-state index is 0.257. The fourth-order valence-corrected chi connectivity index (χ4v) is 2.57. The van der Waals surface area contributed by atoms with Crippen molar-refractivity contribution < 1.29 is 14.7 Å². The van der Waals surface area contributed by atoms with Gasteiger partial charge < -0.3 is 10.4 Å². The SMILES string of the molecule is O=C(O)[C@H]1CC=C(Cl)C[C@@H]1C(=O)NCc1ccccc1. The molecule has 2 atom stereocenters. The minimum Gasteiger partial charge on any atom is -0.481 e. The highest BCUT2D eigenvalue weighted by Crippen LogP contribution is 2.32. The first-order chi connectivity index (χ1) is 9.58. The molecule has 2 N–H and O–H groups in total. The summed E-state index contributed by atoms with van der Waals surface area (Å²) in [6, 6.07) is 9.49. The molecule has 0 saturated heterocycles. The first kappa shape index (κ1) is 14.6. The average Bonchev–Trinajstić information content (AvgIpc) is 2.45. The maximum absolute atomic E-state index is 12.2. The van der Waals surface area contributed by atoms with Crippen LogP contribution in [-0.4, -0.2) is 17.0 Å². The highest BCUT2D eigenvalue weighted by atomic mass is 35.5. The number of hydrogen-bond acceptors (Lipinski definition) is 2. The third-order valence-corrected chi connectivity index (χ3v) is 3.77. The van der Waals surface area contributed by atoms with Crippen molar-refractivity contribution in [2.45, 2.75) is 19.4 Å². The average molecular weight is 294 g/mol. The molecule has 0 aromatic heterocycles. The van der Waals surface area contributed by atoms with Crippen LogP contribution in [0.4, 0.5) is 0 Å². The van der Waals surface area contributed by atoms with Crippen molar-refractivity contribution in [2.24, 2.45) is 11.8 Å². The molecule has 0 bridgehead atoms. The number of aliphatic carboxylic acids is 1. The third-order valence-electron chi connectivity index (χ3n) is 3.46. The topological polar surface area (TPSA) is 66.4 Å². The Labute approximate surface area is 122 Å². The summed E-state index contributed by atoms with van der Waals surface area (Å²) in [5, 5.41) is 12.5. The van der Waals surface area contributed by atoms with Crippen LogP contribution in [0.15, 0.2) is 41.4 Å². The van der Waals surface area contributed by atoms with Crippen LogP contribution in [0.3, 0.4) is 0 Å². The van der Waals surface area contributed by atoms with Crippen molar-refractivity contribution in [1.82, 2.24) is 5.32 Å². The van der Waals surface area contributed by atoms with Crippen LogP contribution in [0.2, 0.25) is 0 Å². The standard InChI is InChI=1S/C15H16ClNO3/c16-11-6-7-12(15(19)20)13(8-11)14(18)17-9-10-4-2-1-3-5-10/h1-6,12-13H,7-9H2,(H,17,18)(H,19,20)/t12-,13-/m0/s1. The highest BCUT2D eigenvalue weighted by molar-refractivity contribution is 6.29. The Morgan fingerprint density at radius 1 is 1.25 bits per heavy atom. The molecule has 0 radical (unpaired) electrons. The monoisotopic (exact) mass is 293 g/mol. The van der Waals surface area contributed by atoms with Crippen molar-refractivity contribution in [3.05, 3.63) is 47.0 Å². The molecular formula is C15H16ClNO3. The molecule has 0 heterocycles. The van der Waals surface area contributed by atoms with Crippen LogP contribution in [0.1, 0.15) is 18.4 Å². The molecule has 1 aliphatic carbocycles. The molecule has 0 unspecified atom stereocenters. The van der Waals surface area contributed by atoms with Gasteiger partial charge in [0.1, 0.15) is 0 Å². The number of amides is 1. The molecule has 0 spiro atoms. The van der Waals surface area contributed by atoms with Crippen molar-refractivity contribution >= 4 is 23.5 Å². The van der Waals surface area contributed by atoms with Gasteiger partial charge in [-0.15, -0.1) is 0 Å². The van der Waals surface area contributed by atoms with Gasteiger partial charge in [0.2, 0.25) is 5.91 Å². The van der Waals surface area contributed by atoms with Crippen LogP contribution >= 0.6 is 11.6 Å². The normalized spacial score (nSPS) is 21.9. The predicted molar refractivity (Wildman–Crippen MR) is 76.1 cm³/mol. The molecule has 0 aliphatic heterocycles. The minimum atomic E-state index is -0.953. The summed E-state index contributed by atoms with van der Waals surface area (Å²) < 4.78 is 0. The molecule has 20 heavy (non-hydrogen) atoms. The zero-order chi connectivity index (χ0) is 14.5. The lowest BCUT2D eigenvalue weighted by Gasteiger charge is -2.25. The molecular weight excluding hydrogens is 278 g/mol. The van der Waals surface area contributed by atoms with Gasteiger partial charge in [-0.3, -0.25) is 9.59 Å². The molecule has 1 aromatic carbocycles. The molecule has 0 saturated carbocycles. The summed E-state index contributed by atoms with van der Waals surface area (Å²) in [4.78, 5) is 23.4. The molecule has 4 nitrogen and oxygen atoms in total. The largest absolute Gasteiger partial charge is 0.481 e. The Hall–Kier alpha value is -1.81. The molecule has 1 aromatic rings. The lowest BCUT2D eigenvalue weighted by Crippen LogP contribution is -2.39. The van der Waals surface area contributed by atoms with Gasteiger partial charge in [0.05, 0.1) is 11.8 Å². The van der Waals surface area contributed by atoms with Crippen LogP contribution in [0, 0.1) is 11.8 Å². The van der Waals surface area contributed by atoms with E-state index in [1.165, 1.54) is 0 Å². The van der Waals surface area contributed by atoms with Crippen molar-refractivity contribution in [2.75, 3.05) is 0 Å². The zero-order valence-electron chi connectivity index (χ0n) is 10.9. The van der Waals surface area contributed by atoms with E-state index in [9.17, 15) is 14.7 Å². The Kier molecular flexibility index (Phi) is 4.79. The quantitative estimate of drug-likeness (QED) is 0.896. The van der Waals surface area contributed by atoms with E-state index < -0.39 is 17.8 Å². The molecule has 5 heteroatoms. The lowest BCUT2D eigenvalue weighted by atomic mass is 9.82. The number of nitrogens with one attached hydrogen (secondary N) is 1. The number of hydrogen-bond donors (Lipinski definition) is 2. The number of carboxylic acids is 1. The number of rotatable bonds is 4. The van der Waals surface area contributed by atoms with Crippen LogP contribution < -0.4 is 5.32 Å². The smallest absolute Gasteiger partial charge is 0.307 e. The van der Waals surface area contributed by atoms with E-state index in [0.29, 0.717) is 24.4 Å². The summed E-state index contributed by atoms with van der Waals surface area (Å²) >= 11 is 5.93. The van der Waals surface area contributed by atoms with E-state index in [1.54, 1.807) is 6.08 Å². The number of halogens is 1. The number of carboxylic acid groups (broad SMARTS) is 1. The van der Waals surface area contributed by atoms with Gasteiger partial charge in [-0.25, -0.2) is 0 Å². The molecule has 0 fully saturated rings. The lowest BCUT2D eigenvalue weighted by molar-refractivity contribution is -0.147. The molecule has 1 aliphatic rings. The first-order valence-corrected chi connectivity index (χ1v) is 6.84. The number of benzene rings is 1. The summed E-state index contributed by atoms with van der Waals surface area (Å²) in [5.74, 6) is -2.51. The van der Waals surface area contributed by atoms with Gasteiger partial charge in [0.15, 0.2) is 0 Å². The van der Waals surface area contributed by atoms with Gasteiger partial charge in [-0.2, -0.15) is 0 Å². The molecule has 1 amide bonds. The van der Waals surface area contributed by atoms with Crippen LogP contribution in [-0.2, 0) is 16.1 Å². The van der Waals surface area contributed by atoms with Gasteiger partial charge in [0, 0.05) is 11.6 Å². The van der Waals surface area contributed by atoms with Gasteiger partial charge in [-0.1, -0.05) is 48.0 Å². The predicted octanol–water partition coefficient (Wildman–Crippen LogP) is 2.54. The Morgan fingerprint density at radius 2 is 1.95 bits per heavy atom.